The molecule has 0 radical (unpaired) electrons. The van der Waals surface area contributed by atoms with Crippen LogP contribution in [-0.2, 0) is 9.59 Å². The average Bonchev–Trinajstić information content (AvgIpc) is 2.26. The fourth-order valence-corrected chi connectivity index (χ4v) is 1.53. The van der Waals surface area contributed by atoms with Crippen molar-refractivity contribution < 1.29 is 28.6 Å². The zero-order valence-corrected chi connectivity index (χ0v) is 6.54. The van der Waals surface area contributed by atoms with Crippen molar-refractivity contribution in [2.24, 2.45) is 11.8 Å². The molecule has 2 N–H and O–H groups in total. The van der Waals surface area contributed by atoms with Gasteiger partial charge in [-0.05, 0) is 0 Å². The molecule has 0 heterocycles. The Labute approximate surface area is 72.2 Å². The predicted molar refractivity (Wildman–Crippen MR) is 36.4 cm³/mol. The first kappa shape index (κ1) is 9.88. The van der Waals surface area contributed by atoms with Gasteiger partial charge in [-0.2, -0.15) is 0 Å². The summed E-state index contributed by atoms with van der Waals surface area (Å²) in [4.78, 5) is 20.8. The van der Waals surface area contributed by atoms with E-state index in [1.165, 1.54) is 0 Å². The maximum atomic E-state index is 12.6. The quantitative estimate of drug-likeness (QED) is 0.682. The van der Waals surface area contributed by atoms with Crippen molar-refractivity contribution in [1.29, 1.82) is 0 Å². The Bertz CT molecular complexity index is 227. The summed E-state index contributed by atoms with van der Waals surface area (Å²) in [5.74, 6) is -9.03. The lowest BCUT2D eigenvalue weighted by Gasteiger charge is -2.07. The van der Waals surface area contributed by atoms with Crippen LogP contribution >= 0.6 is 0 Å². The highest BCUT2D eigenvalue weighted by molar-refractivity contribution is 5.80. The third-order valence-corrected chi connectivity index (χ3v) is 2.16. The summed E-state index contributed by atoms with van der Waals surface area (Å²) in [5.41, 5.74) is 0. The molecule has 1 rings (SSSR count). The summed E-state index contributed by atoms with van der Waals surface area (Å²) in [6.45, 7) is 0. The Morgan fingerprint density at radius 3 is 1.62 bits per heavy atom. The van der Waals surface area contributed by atoms with E-state index in [0.717, 1.165) is 0 Å². The molecule has 4 nitrogen and oxygen atoms in total. The molecular weight excluding hydrogens is 186 g/mol. The molecule has 13 heavy (non-hydrogen) atoms. The number of hydrogen-bond acceptors (Lipinski definition) is 2. The van der Waals surface area contributed by atoms with E-state index in [0.29, 0.717) is 0 Å². The normalized spacial score (nSPS) is 31.5. The lowest BCUT2D eigenvalue weighted by atomic mass is 9.97. The van der Waals surface area contributed by atoms with Crippen LogP contribution in [0.1, 0.15) is 12.8 Å². The second-order valence-corrected chi connectivity index (χ2v) is 3.15. The van der Waals surface area contributed by atoms with E-state index in [1.807, 2.05) is 0 Å². The minimum absolute atomic E-state index is 0.876. The zero-order chi connectivity index (χ0) is 10.2. The van der Waals surface area contributed by atoms with Gasteiger partial charge in [-0.15, -0.1) is 0 Å². The molecule has 0 saturated heterocycles. The molecule has 1 saturated carbocycles. The number of halogens is 2. The van der Waals surface area contributed by atoms with E-state index in [-0.39, 0.29) is 0 Å². The van der Waals surface area contributed by atoms with E-state index in [4.69, 9.17) is 10.2 Å². The largest absolute Gasteiger partial charge is 0.481 e. The van der Waals surface area contributed by atoms with Crippen LogP contribution in [0.25, 0.3) is 0 Å². The third-order valence-electron chi connectivity index (χ3n) is 2.16. The molecule has 74 valence electrons. The second kappa shape index (κ2) is 2.93. The van der Waals surface area contributed by atoms with E-state index in [1.54, 1.807) is 0 Å². The van der Waals surface area contributed by atoms with Gasteiger partial charge in [0, 0.05) is 12.8 Å². The SMILES string of the molecule is O=C(O)[C@H]1CC(F)(F)C[C@H]1C(=O)O. The fraction of sp³-hybridized carbons (Fsp3) is 0.714. The fourth-order valence-electron chi connectivity index (χ4n) is 1.53. The number of rotatable bonds is 2. The van der Waals surface area contributed by atoms with Gasteiger partial charge in [0.05, 0.1) is 11.8 Å². The molecule has 1 aliphatic rings. The van der Waals surface area contributed by atoms with Crippen LogP contribution in [0, 0.1) is 11.8 Å². The summed E-state index contributed by atoms with van der Waals surface area (Å²) < 4.78 is 25.3. The smallest absolute Gasteiger partial charge is 0.307 e. The molecule has 0 aromatic carbocycles. The maximum Gasteiger partial charge on any atom is 0.307 e. The second-order valence-electron chi connectivity index (χ2n) is 3.15. The number of aliphatic carboxylic acids is 2. The van der Waals surface area contributed by atoms with Gasteiger partial charge in [-0.25, -0.2) is 8.78 Å². The van der Waals surface area contributed by atoms with Gasteiger partial charge in [0.1, 0.15) is 0 Å². The van der Waals surface area contributed by atoms with Crippen LogP contribution in [0.15, 0.2) is 0 Å². The molecule has 2 atom stereocenters. The molecule has 0 aromatic heterocycles. The maximum absolute atomic E-state index is 12.6. The monoisotopic (exact) mass is 194 g/mol. The summed E-state index contributed by atoms with van der Waals surface area (Å²) in [7, 11) is 0. The first-order valence-corrected chi connectivity index (χ1v) is 3.67. The van der Waals surface area contributed by atoms with Crippen molar-refractivity contribution in [3.05, 3.63) is 0 Å². The Hall–Kier alpha value is -1.20. The molecular formula is C7H8F2O4. The Kier molecular flexibility index (Phi) is 2.23. The summed E-state index contributed by atoms with van der Waals surface area (Å²) in [6, 6.07) is 0. The van der Waals surface area contributed by atoms with E-state index in [2.05, 4.69) is 0 Å². The Balaban J connectivity index is 2.83. The first-order chi connectivity index (χ1) is 5.83. The van der Waals surface area contributed by atoms with Crippen LogP contribution in [0.5, 0.6) is 0 Å². The van der Waals surface area contributed by atoms with E-state index < -0.39 is 42.5 Å². The van der Waals surface area contributed by atoms with Gasteiger partial charge in [0.25, 0.3) is 0 Å². The number of carbonyl (C=O) groups is 2. The minimum Gasteiger partial charge on any atom is -0.481 e. The molecule has 1 aliphatic carbocycles. The summed E-state index contributed by atoms with van der Waals surface area (Å²) in [6.07, 6.45) is -1.75. The molecule has 1 fully saturated rings. The zero-order valence-electron chi connectivity index (χ0n) is 6.54. The van der Waals surface area contributed by atoms with Crippen LogP contribution in [0.2, 0.25) is 0 Å². The van der Waals surface area contributed by atoms with E-state index >= 15 is 0 Å². The minimum atomic E-state index is -3.16. The van der Waals surface area contributed by atoms with Crippen molar-refractivity contribution >= 4 is 11.9 Å². The Morgan fingerprint density at radius 2 is 1.38 bits per heavy atom. The summed E-state index contributed by atoms with van der Waals surface area (Å²) in [5, 5.41) is 16.9. The van der Waals surface area contributed by atoms with Gasteiger partial charge < -0.3 is 10.2 Å². The van der Waals surface area contributed by atoms with Crippen LogP contribution in [-0.4, -0.2) is 28.1 Å². The molecule has 0 aliphatic heterocycles. The van der Waals surface area contributed by atoms with Crippen molar-refractivity contribution in [3.8, 4) is 0 Å². The highest BCUT2D eigenvalue weighted by atomic mass is 19.3. The Morgan fingerprint density at radius 1 is 1.08 bits per heavy atom. The topological polar surface area (TPSA) is 74.6 Å². The van der Waals surface area contributed by atoms with Gasteiger partial charge in [-0.1, -0.05) is 0 Å². The van der Waals surface area contributed by atoms with Crippen LogP contribution < -0.4 is 0 Å². The van der Waals surface area contributed by atoms with Crippen molar-refractivity contribution in [1.82, 2.24) is 0 Å². The van der Waals surface area contributed by atoms with E-state index in [9.17, 15) is 18.4 Å². The lowest BCUT2D eigenvalue weighted by Crippen LogP contribution is -2.24. The third kappa shape index (κ3) is 1.93. The number of carboxylic acid groups (broad SMARTS) is 2. The molecule has 0 unspecified atom stereocenters. The number of hydrogen-bond donors (Lipinski definition) is 2. The molecule has 0 amide bonds. The molecule has 0 aromatic rings. The van der Waals surface area contributed by atoms with Crippen molar-refractivity contribution in [2.45, 2.75) is 18.8 Å². The highest BCUT2D eigenvalue weighted by Gasteiger charge is 2.52. The van der Waals surface area contributed by atoms with Gasteiger partial charge in [0.15, 0.2) is 0 Å². The predicted octanol–water partition coefficient (Wildman–Crippen LogP) is 0.817. The number of carboxylic acids is 2. The van der Waals surface area contributed by atoms with Crippen molar-refractivity contribution in [3.63, 3.8) is 0 Å². The van der Waals surface area contributed by atoms with Crippen molar-refractivity contribution in [2.75, 3.05) is 0 Å². The molecule has 0 spiro atoms. The van der Waals surface area contributed by atoms with Gasteiger partial charge >= 0.3 is 11.9 Å². The van der Waals surface area contributed by atoms with Gasteiger partial charge in [0.2, 0.25) is 5.92 Å². The van der Waals surface area contributed by atoms with Gasteiger partial charge in [-0.3, -0.25) is 9.59 Å². The lowest BCUT2D eigenvalue weighted by molar-refractivity contribution is -0.152. The highest BCUT2D eigenvalue weighted by Crippen LogP contribution is 2.43. The van der Waals surface area contributed by atoms with Crippen LogP contribution in [0.4, 0.5) is 8.78 Å². The summed E-state index contributed by atoms with van der Waals surface area (Å²) >= 11 is 0. The standard InChI is InChI=1S/C7H8F2O4/c8-7(9)1-3(5(10)11)4(2-7)6(12)13/h3-4H,1-2H2,(H,10,11)(H,12,13)/t3-,4+. The average molecular weight is 194 g/mol. The first-order valence-electron chi connectivity index (χ1n) is 3.67. The number of alkyl halides is 2. The molecule has 6 heteroatoms. The molecule has 0 bridgehead atoms. The van der Waals surface area contributed by atoms with Crippen LogP contribution in [0.3, 0.4) is 0 Å².